The Balaban J connectivity index is 2.01. The zero-order chi connectivity index (χ0) is 15.2. The van der Waals surface area contributed by atoms with Gasteiger partial charge in [0.25, 0.3) is 0 Å². The predicted octanol–water partition coefficient (Wildman–Crippen LogP) is 2.84. The molecule has 0 bridgehead atoms. The van der Waals surface area contributed by atoms with Crippen LogP contribution in [0.1, 0.15) is 24.8 Å². The summed E-state index contributed by atoms with van der Waals surface area (Å²) in [6.45, 7) is 0. The van der Waals surface area contributed by atoms with E-state index in [2.05, 4.69) is 16.1 Å². The highest BCUT2D eigenvalue weighted by Gasteiger charge is 2.19. The van der Waals surface area contributed by atoms with Crippen LogP contribution in [-0.4, -0.2) is 19.0 Å². The first-order chi connectivity index (χ1) is 10.1. The molecule has 2 rings (SSSR count). The van der Waals surface area contributed by atoms with E-state index in [1.807, 2.05) is 6.08 Å². The highest BCUT2D eigenvalue weighted by Crippen LogP contribution is 2.21. The van der Waals surface area contributed by atoms with Gasteiger partial charge in [0.1, 0.15) is 5.82 Å². The Morgan fingerprint density at radius 1 is 1.38 bits per heavy atom. The first-order valence-electron chi connectivity index (χ1n) is 6.91. The predicted molar refractivity (Wildman–Crippen MR) is 77.2 cm³/mol. The second-order valence-corrected chi connectivity index (χ2v) is 5.03. The van der Waals surface area contributed by atoms with Gasteiger partial charge in [0.2, 0.25) is 5.91 Å². The van der Waals surface area contributed by atoms with Crippen LogP contribution in [0.5, 0.6) is 0 Å². The molecule has 0 radical (unpaired) electrons. The molecule has 0 aromatic heterocycles. The van der Waals surface area contributed by atoms with Crippen molar-refractivity contribution in [2.24, 2.45) is 5.92 Å². The van der Waals surface area contributed by atoms with Crippen LogP contribution in [0.25, 0.3) is 0 Å². The first kappa shape index (κ1) is 15.2. The van der Waals surface area contributed by atoms with Crippen LogP contribution in [-0.2, 0) is 20.7 Å². The van der Waals surface area contributed by atoms with Crippen molar-refractivity contribution >= 4 is 17.6 Å². The summed E-state index contributed by atoms with van der Waals surface area (Å²) in [6, 6.07) is 4.31. The van der Waals surface area contributed by atoms with Crippen LogP contribution in [0.2, 0.25) is 0 Å². The third kappa shape index (κ3) is 4.15. The number of carbonyl (C=O) groups excluding carboxylic acids is 2. The van der Waals surface area contributed by atoms with E-state index in [1.54, 1.807) is 6.07 Å². The smallest absolute Gasteiger partial charge is 0.310 e. The van der Waals surface area contributed by atoms with E-state index in [0.717, 1.165) is 19.3 Å². The molecule has 1 amide bonds. The Morgan fingerprint density at radius 2 is 2.19 bits per heavy atom. The Morgan fingerprint density at radius 3 is 2.81 bits per heavy atom. The molecule has 112 valence electrons. The van der Waals surface area contributed by atoms with E-state index in [9.17, 15) is 14.0 Å². The van der Waals surface area contributed by atoms with Crippen molar-refractivity contribution in [3.8, 4) is 0 Å². The fourth-order valence-electron chi connectivity index (χ4n) is 2.27. The summed E-state index contributed by atoms with van der Waals surface area (Å²) in [5, 5.41) is 2.72. The van der Waals surface area contributed by atoms with E-state index >= 15 is 0 Å². The van der Waals surface area contributed by atoms with Gasteiger partial charge in [-0.2, -0.15) is 0 Å². The van der Waals surface area contributed by atoms with Crippen LogP contribution in [0, 0.1) is 11.7 Å². The van der Waals surface area contributed by atoms with Crippen LogP contribution in [0.15, 0.2) is 30.4 Å². The number of anilines is 1. The molecule has 0 spiro atoms. The second-order valence-electron chi connectivity index (χ2n) is 5.03. The molecular weight excluding hydrogens is 273 g/mol. The zero-order valence-electron chi connectivity index (χ0n) is 11.9. The van der Waals surface area contributed by atoms with E-state index < -0.39 is 11.8 Å². The minimum atomic E-state index is -0.526. The highest BCUT2D eigenvalue weighted by molar-refractivity contribution is 5.92. The topological polar surface area (TPSA) is 55.4 Å². The maximum atomic E-state index is 13.9. The Labute approximate surface area is 123 Å². The molecule has 0 fully saturated rings. The fourth-order valence-corrected chi connectivity index (χ4v) is 2.27. The largest absolute Gasteiger partial charge is 0.469 e. The second kappa shape index (κ2) is 7.02. The van der Waals surface area contributed by atoms with Gasteiger partial charge < -0.3 is 10.1 Å². The van der Waals surface area contributed by atoms with Crippen LogP contribution in [0.4, 0.5) is 10.1 Å². The maximum absolute atomic E-state index is 13.9. The lowest BCUT2D eigenvalue weighted by Crippen LogP contribution is -2.23. The lowest BCUT2D eigenvalue weighted by molar-refractivity contribution is -0.139. The van der Waals surface area contributed by atoms with Crippen LogP contribution in [0.3, 0.4) is 0 Å². The number of amides is 1. The van der Waals surface area contributed by atoms with Gasteiger partial charge in [-0.1, -0.05) is 18.2 Å². The van der Waals surface area contributed by atoms with Crippen molar-refractivity contribution in [2.45, 2.75) is 25.7 Å². The average molecular weight is 291 g/mol. The number of halogens is 1. The first-order valence-corrected chi connectivity index (χ1v) is 6.91. The molecule has 1 N–H and O–H groups in total. The number of ether oxygens (including phenoxy) is 1. The molecule has 1 aromatic carbocycles. The summed E-state index contributed by atoms with van der Waals surface area (Å²) in [5.74, 6) is -1.19. The number of benzene rings is 1. The zero-order valence-corrected chi connectivity index (χ0v) is 11.9. The van der Waals surface area contributed by atoms with Crippen molar-refractivity contribution in [2.75, 3.05) is 12.4 Å². The molecule has 0 saturated carbocycles. The Kier molecular flexibility index (Phi) is 5.09. The summed E-state index contributed by atoms with van der Waals surface area (Å²) >= 11 is 0. The van der Waals surface area contributed by atoms with Gasteiger partial charge in [0, 0.05) is 11.6 Å². The summed E-state index contributed by atoms with van der Waals surface area (Å²) < 4.78 is 18.4. The number of carbonyl (C=O) groups is 2. The molecule has 5 heteroatoms. The molecule has 21 heavy (non-hydrogen) atoms. The molecular formula is C16H18FNO3. The molecule has 1 aromatic rings. The van der Waals surface area contributed by atoms with Crippen molar-refractivity contribution in [3.63, 3.8) is 0 Å². The van der Waals surface area contributed by atoms with E-state index in [4.69, 9.17) is 0 Å². The standard InChI is InChI=1S/C16H18FNO3/c1-21-15(19)9-12-7-8-13(10-14(12)17)18-16(20)11-5-3-2-4-6-11/h2-3,7-8,10-11H,4-6,9H2,1H3,(H,18,20). The van der Waals surface area contributed by atoms with Crippen molar-refractivity contribution < 1.29 is 18.7 Å². The summed E-state index contributed by atoms with van der Waals surface area (Å²) in [7, 11) is 1.26. The SMILES string of the molecule is COC(=O)Cc1ccc(NC(=O)C2CC=CCC2)cc1F. The van der Waals surface area contributed by atoms with Crippen LogP contribution < -0.4 is 5.32 Å². The number of rotatable bonds is 4. The van der Waals surface area contributed by atoms with E-state index in [-0.39, 0.29) is 23.8 Å². The number of hydrogen-bond acceptors (Lipinski definition) is 3. The Hall–Kier alpha value is -2.17. The molecule has 4 nitrogen and oxygen atoms in total. The summed E-state index contributed by atoms with van der Waals surface area (Å²) in [6.07, 6.45) is 6.35. The maximum Gasteiger partial charge on any atom is 0.310 e. The number of nitrogens with one attached hydrogen (secondary N) is 1. The van der Waals surface area contributed by atoms with Gasteiger partial charge in [0.05, 0.1) is 13.5 Å². The third-order valence-electron chi connectivity index (χ3n) is 3.52. The van der Waals surface area contributed by atoms with Gasteiger partial charge in [-0.05, 0) is 37.0 Å². The lowest BCUT2D eigenvalue weighted by atomic mass is 9.93. The van der Waals surface area contributed by atoms with Gasteiger partial charge in [-0.25, -0.2) is 4.39 Å². The normalized spacial score (nSPS) is 17.3. The molecule has 1 aliphatic carbocycles. The number of hydrogen-bond donors (Lipinski definition) is 1. The molecule has 1 atom stereocenters. The third-order valence-corrected chi connectivity index (χ3v) is 3.52. The van der Waals surface area contributed by atoms with Crippen molar-refractivity contribution in [1.29, 1.82) is 0 Å². The minimum Gasteiger partial charge on any atom is -0.469 e. The fraction of sp³-hybridized carbons (Fsp3) is 0.375. The lowest BCUT2D eigenvalue weighted by Gasteiger charge is -2.17. The van der Waals surface area contributed by atoms with Gasteiger partial charge in [0.15, 0.2) is 0 Å². The average Bonchev–Trinajstić information content (AvgIpc) is 2.50. The quantitative estimate of drug-likeness (QED) is 0.685. The van der Waals surface area contributed by atoms with Gasteiger partial charge in [-0.15, -0.1) is 0 Å². The number of allylic oxidation sites excluding steroid dienone is 2. The minimum absolute atomic E-state index is 0.0622. The monoisotopic (exact) mass is 291 g/mol. The van der Waals surface area contributed by atoms with Crippen molar-refractivity contribution in [1.82, 2.24) is 0 Å². The highest BCUT2D eigenvalue weighted by atomic mass is 19.1. The number of methoxy groups -OCH3 is 1. The molecule has 1 aliphatic rings. The van der Waals surface area contributed by atoms with Crippen LogP contribution >= 0.6 is 0 Å². The molecule has 0 saturated heterocycles. The van der Waals surface area contributed by atoms with E-state index in [0.29, 0.717) is 5.69 Å². The molecule has 0 heterocycles. The Bertz CT molecular complexity index is 569. The van der Waals surface area contributed by atoms with Crippen molar-refractivity contribution in [3.05, 3.63) is 41.7 Å². The molecule has 0 aliphatic heterocycles. The number of esters is 1. The van der Waals surface area contributed by atoms with Gasteiger partial charge in [-0.3, -0.25) is 9.59 Å². The summed E-state index contributed by atoms with van der Waals surface area (Å²) in [5.41, 5.74) is 0.654. The van der Waals surface area contributed by atoms with E-state index in [1.165, 1.54) is 19.2 Å². The van der Waals surface area contributed by atoms with Gasteiger partial charge >= 0.3 is 5.97 Å². The molecule has 1 unspecified atom stereocenters. The summed E-state index contributed by atoms with van der Waals surface area (Å²) in [4.78, 5) is 23.2.